The van der Waals surface area contributed by atoms with Gasteiger partial charge in [0.25, 0.3) is 0 Å². The molecule has 0 spiro atoms. The number of thiophene rings is 2. The summed E-state index contributed by atoms with van der Waals surface area (Å²) in [5.74, 6) is 0. The molecular weight excluding hydrogens is 300 g/mol. The molecule has 0 amide bonds. The Hall–Kier alpha value is -0.120. The van der Waals surface area contributed by atoms with Gasteiger partial charge in [-0.15, -0.1) is 11.3 Å². The third-order valence-corrected chi connectivity index (χ3v) is 6.05. The predicted molar refractivity (Wildman–Crippen MR) is 78.1 cm³/mol. The molecule has 2 aromatic rings. The third kappa shape index (κ3) is 2.58. The van der Waals surface area contributed by atoms with Crippen LogP contribution in [0.3, 0.4) is 0 Å². The van der Waals surface area contributed by atoms with E-state index in [1.807, 2.05) is 11.3 Å². The molecule has 0 aliphatic heterocycles. The van der Waals surface area contributed by atoms with Crippen LogP contribution in [0.2, 0.25) is 0 Å². The number of alkyl halides is 1. The van der Waals surface area contributed by atoms with Crippen LogP contribution in [0.5, 0.6) is 0 Å². The van der Waals surface area contributed by atoms with Gasteiger partial charge >= 0.3 is 0 Å². The second-order valence-electron chi connectivity index (χ2n) is 4.87. The SMILES string of the molecule is CC(C)(C)c1ccc(C(Br)c2ccsc2)s1. The minimum atomic E-state index is 0.254. The molecule has 2 aromatic heterocycles. The second-order valence-corrected chi connectivity index (χ2v) is 7.68. The molecule has 0 aromatic carbocycles. The maximum atomic E-state index is 3.77. The van der Waals surface area contributed by atoms with Gasteiger partial charge in [-0.05, 0) is 39.9 Å². The van der Waals surface area contributed by atoms with Crippen molar-refractivity contribution in [1.29, 1.82) is 0 Å². The van der Waals surface area contributed by atoms with E-state index < -0.39 is 0 Å². The van der Waals surface area contributed by atoms with Gasteiger partial charge in [0, 0.05) is 9.75 Å². The van der Waals surface area contributed by atoms with Crippen molar-refractivity contribution in [2.75, 3.05) is 0 Å². The van der Waals surface area contributed by atoms with Crippen LogP contribution in [0.15, 0.2) is 29.0 Å². The van der Waals surface area contributed by atoms with Crippen molar-refractivity contribution in [2.24, 2.45) is 0 Å². The molecule has 0 saturated carbocycles. The fourth-order valence-electron chi connectivity index (χ4n) is 1.48. The lowest BCUT2D eigenvalue weighted by molar-refractivity contribution is 0.604. The third-order valence-electron chi connectivity index (χ3n) is 2.45. The molecule has 0 N–H and O–H groups in total. The van der Waals surface area contributed by atoms with Gasteiger partial charge < -0.3 is 0 Å². The number of halogens is 1. The van der Waals surface area contributed by atoms with E-state index in [1.165, 1.54) is 15.3 Å². The van der Waals surface area contributed by atoms with Crippen LogP contribution in [-0.2, 0) is 5.41 Å². The average molecular weight is 315 g/mol. The summed E-state index contributed by atoms with van der Waals surface area (Å²) in [6, 6.07) is 6.67. The molecule has 16 heavy (non-hydrogen) atoms. The smallest absolute Gasteiger partial charge is 0.0746 e. The normalized spacial score (nSPS) is 14.0. The first kappa shape index (κ1) is 12.3. The van der Waals surface area contributed by atoms with Gasteiger partial charge in [-0.3, -0.25) is 0 Å². The van der Waals surface area contributed by atoms with Gasteiger partial charge in [-0.25, -0.2) is 0 Å². The lowest BCUT2D eigenvalue weighted by atomic mass is 9.95. The molecule has 2 rings (SSSR count). The molecule has 0 saturated heterocycles. The van der Waals surface area contributed by atoms with Crippen LogP contribution >= 0.6 is 38.6 Å². The molecule has 0 radical (unpaired) electrons. The molecule has 1 unspecified atom stereocenters. The van der Waals surface area contributed by atoms with Crippen LogP contribution in [0.1, 0.15) is 40.9 Å². The van der Waals surface area contributed by atoms with Gasteiger partial charge in [-0.1, -0.05) is 36.7 Å². The van der Waals surface area contributed by atoms with E-state index in [-0.39, 0.29) is 5.41 Å². The Morgan fingerprint density at radius 1 is 1.19 bits per heavy atom. The molecule has 0 aliphatic carbocycles. The van der Waals surface area contributed by atoms with Crippen molar-refractivity contribution in [3.63, 3.8) is 0 Å². The van der Waals surface area contributed by atoms with Crippen molar-refractivity contribution in [3.8, 4) is 0 Å². The Morgan fingerprint density at radius 2 is 1.94 bits per heavy atom. The van der Waals surface area contributed by atoms with Crippen molar-refractivity contribution in [3.05, 3.63) is 44.3 Å². The van der Waals surface area contributed by atoms with Gasteiger partial charge in [0.15, 0.2) is 0 Å². The van der Waals surface area contributed by atoms with E-state index in [9.17, 15) is 0 Å². The van der Waals surface area contributed by atoms with Gasteiger partial charge in [0.2, 0.25) is 0 Å². The number of rotatable bonds is 2. The first-order chi connectivity index (χ1) is 7.48. The summed E-state index contributed by atoms with van der Waals surface area (Å²) in [6.07, 6.45) is 0. The summed E-state index contributed by atoms with van der Waals surface area (Å²) < 4.78 is 0. The van der Waals surface area contributed by atoms with Gasteiger partial charge in [0.1, 0.15) is 0 Å². The molecule has 0 fully saturated rings. The minimum absolute atomic E-state index is 0.254. The van der Waals surface area contributed by atoms with E-state index >= 15 is 0 Å². The Kier molecular flexibility index (Phi) is 3.57. The zero-order valence-electron chi connectivity index (χ0n) is 9.66. The van der Waals surface area contributed by atoms with Crippen molar-refractivity contribution in [1.82, 2.24) is 0 Å². The largest absolute Gasteiger partial charge is 0.152 e. The first-order valence-corrected chi connectivity index (χ1v) is 7.92. The fourth-order valence-corrected chi connectivity index (χ4v) is 4.13. The second kappa shape index (κ2) is 4.63. The molecule has 0 bridgehead atoms. The van der Waals surface area contributed by atoms with Gasteiger partial charge in [0.05, 0.1) is 4.83 Å². The summed E-state index contributed by atoms with van der Waals surface area (Å²) in [7, 11) is 0. The fraction of sp³-hybridized carbons (Fsp3) is 0.385. The van der Waals surface area contributed by atoms with E-state index in [1.54, 1.807) is 11.3 Å². The van der Waals surface area contributed by atoms with Crippen LogP contribution in [0.4, 0.5) is 0 Å². The zero-order valence-corrected chi connectivity index (χ0v) is 12.9. The van der Waals surface area contributed by atoms with Crippen LogP contribution < -0.4 is 0 Å². The van der Waals surface area contributed by atoms with E-state index in [2.05, 4.69) is 65.7 Å². The average Bonchev–Trinajstić information content (AvgIpc) is 2.87. The highest BCUT2D eigenvalue weighted by Crippen LogP contribution is 2.39. The predicted octanol–water partition coefficient (Wildman–Crippen LogP) is 5.59. The summed E-state index contributed by atoms with van der Waals surface area (Å²) in [6.45, 7) is 6.78. The topological polar surface area (TPSA) is 0 Å². The molecular formula is C13H15BrS2. The molecule has 1 atom stereocenters. The van der Waals surface area contributed by atoms with Crippen LogP contribution in [0.25, 0.3) is 0 Å². The highest BCUT2D eigenvalue weighted by Gasteiger charge is 2.19. The Labute approximate surface area is 113 Å². The van der Waals surface area contributed by atoms with E-state index in [0.29, 0.717) is 4.83 Å². The lowest BCUT2D eigenvalue weighted by Crippen LogP contribution is -2.07. The summed E-state index contributed by atoms with van der Waals surface area (Å²) in [5.41, 5.74) is 1.61. The number of hydrogen-bond donors (Lipinski definition) is 0. The molecule has 2 heterocycles. The van der Waals surface area contributed by atoms with Gasteiger partial charge in [-0.2, -0.15) is 11.3 Å². The Morgan fingerprint density at radius 3 is 2.44 bits per heavy atom. The van der Waals surface area contributed by atoms with E-state index in [0.717, 1.165) is 0 Å². The maximum absolute atomic E-state index is 3.77. The highest BCUT2D eigenvalue weighted by molar-refractivity contribution is 9.09. The molecule has 86 valence electrons. The highest BCUT2D eigenvalue weighted by atomic mass is 79.9. The Balaban J connectivity index is 2.26. The van der Waals surface area contributed by atoms with Crippen LogP contribution in [-0.4, -0.2) is 0 Å². The summed E-state index contributed by atoms with van der Waals surface area (Å²) >= 11 is 7.42. The Bertz CT molecular complexity index is 448. The summed E-state index contributed by atoms with van der Waals surface area (Å²) in [4.78, 5) is 3.19. The minimum Gasteiger partial charge on any atom is -0.152 e. The number of hydrogen-bond acceptors (Lipinski definition) is 2. The summed E-state index contributed by atoms with van der Waals surface area (Å²) in [5, 5.41) is 4.33. The molecule has 0 aliphatic rings. The first-order valence-electron chi connectivity index (χ1n) is 5.25. The van der Waals surface area contributed by atoms with Crippen molar-refractivity contribution < 1.29 is 0 Å². The van der Waals surface area contributed by atoms with E-state index in [4.69, 9.17) is 0 Å². The van der Waals surface area contributed by atoms with Crippen molar-refractivity contribution in [2.45, 2.75) is 31.0 Å². The standard InChI is InChI=1S/C13H15BrS2/c1-13(2,3)11-5-4-10(16-11)12(14)9-6-7-15-8-9/h4-8,12H,1-3H3. The maximum Gasteiger partial charge on any atom is 0.0746 e. The zero-order chi connectivity index (χ0) is 11.8. The monoisotopic (exact) mass is 314 g/mol. The molecule has 0 nitrogen and oxygen atoms in total. The van der Waals surface area contributed by atoms with Crippen LogP contribution in [0, 0.1) is 0 Å². The lowest BCUT2D eigenvalue weighted by Gasteiger charge is -2.15. The van der Waals surface area contributed by atoms with Crippen molar-refractivity contribution >= 4 is 38.6 Å². The molecule has 3 heteroatoms. The quantitative estimate of drug-likeness (QED) is 0.634.